The molecule has 0 saturated carbocycles. The number of amides is 1. The van der Waals surface area contributed by atoms with Crippen LogP contribution in [0.5, 0.6) is 0 Å². The summed E-state index contributed by atoms with van der Waals surface area (Å²) >= 11 is 9.43. The third-order valence-electron chi connectivity index (χ3n) is 3.51. The van der Waals surface area contributed by atoms with Gasteiger partial charge in [0.2, 0.25) is 5.91 Å². The third kappa shape index (κ3) is 8.21. The van der Waals surface area contributed by atoms with Gasteiger partial charge in [-0.3, -0.25) is 4.79 Å². The third-order valence-corrected chi connectivity index (χ3v) is 5.78. The van der Waals surface area contributed by atoms with Crippen molar-refractivity contribution in [2.75, 3.05) is 18.1 Å². The fourth-order valence-corrected chi connectivity index (χ4v) is 4.36. The van der Waals surface area contributed by atoms with E-state index in [-0.39, 0.29) is 5.91 Å². The zero-order valence-corrected chi connectivity index (χ0v) is 17.1. The smallest absolute Gasteiger partial charge is 0.230 e. The van der Waals surface area contributed by atoms with Gasteiger partial charge < -0.3 is 5.32 Å². The Hall–Kier alpha value is -1.10. The van der Waals surface area contributed by atoms with Gasteiger partial charge in [0, 0.05) is 28.8 Å². The van der Waals surface area contributed by atoms with E-state index in [1.165, 1.54) is 22.3 Å². The highest BCUT2D eigenvalue weighted by atomic mass is 35.5. The van der Waals surface area contributed by atoms with Crippen molar-refractivity contribution >= 4 is 41.0 Å². The highest BCUT2D eigenvalue weighted by Crippen LogP contribution is 2.17. The predicted molar refractivity (Wildman–Crippen MR) is 113 cm³/mol. The molecule has 0 radical (unpaired) electrons. The van der Waals surface area contributed by atoms with E-state index in [0.717, 1.165) is 22.3 Å². The lowest BCUT2D eigenvalue weighted by atomic mass is 10.1. The number of nitrogens with one attached hydrogen (secondary N) is 1. The summed E-state index contributed by atoms with van der Waals surface area (Å²) in [6.45, 7) is 4.91. The van der Waals surface area contributed by atoms with Crippen LogP contribution in [0.4, 0.5) is 0 Å². The summed E-state index contributed by atoms with van der Waals surface area (Å²) in [5.74, 6) is 3.31. The number of carbonyl (C=O) groups is 1. The second kappa shape index (κ2) is 10.8. The molecule has 0 aromatic heterocycles. The molecule has 0 fully saturated rings. The second-order valence-corrected chi connectivity index (χ2v) is 8.55. The van der Waals surface area contributed by atoms with Gasteiger partial charge in [-0.15, -0.1) is 11.8 Å². The quantitative estimate of drug-likeness (QED) is 0.590. The topological polar surface area (TPSA) is 29.1 Å². The zero-order valence-electron chi connectivity index (χ0n) is 14.7. The van der Waals surface area contributed by atoms with E-state index in [0.29, 0.717) is 12.3 Å². The van der Waals surface area contributed by atoms with Gasteiger partial charge in [0.05, 0.1) is 5.75 Å². The minimum Gasteiger partial charge on any atom is -0.355 e. The van der Waals surface area contributed by atoms with Crippen LogP contribution in [0.15, 0.2) is 42.5 Å². The Morgan fingerprint density at radius 2 is 1.72 bits per heavy atom. The Labute approximate surface area is 164 Å². The molecule has 134 valence electrons. The first-order valence-corrected chi connectivity index (χ1v) is 11.0. The van der Waals surface area contributed by atoms with Crippen molar-refractivity contribution in [1.82, 2.24) is 5.32 Å². The largest absolute Gasteiger partial charge is 0.355 e. The van der Waals surface area contributed by atoms with Gasteiger partial charge in [-0.05, 0) is 37.1 Å². The van der Waals surface area contributed by atoms with Crippen LogP contribution < -0.4 is 5.32 Å². The van der Waals surface area contributed by atoms with E-state index >= 15 is 0 Å². The molecule has 2 aromatic rings. The Bertz CT molecular complexity index is 686. The maximum atomic E-state index is 11.9. The first-order valence-electron chi connectivity index (χ1n) is 8.27. The van der Waals surface area contributed by atoms with Crippen molar-refractivity contribution in [3.05, 3.63) is 69.7 Å². The first kappa shape index (κ1) is 20.2. The molecule has 2 aromatic carbocycles. The molecule has 2 rings (SSSR count). The van der Waals surface area contributed by atoms with E-state index in [4.69, 9.17) is 11.6 Å². The van der Waals surface area contributed by atoms with Crippen LogP contribution in [0.3, 0.4) is 0 Å². The predicted octanol–water partition coefficient (Wildman–Crippen LogP) is 5.24. The number of hydrogen-bond donors (Lipinski definition) is 1. The molecule has 0 aliphatic heterocycles. The van der Waals surface area contributed by atoms with Crippen LogP contribution in [-0.2, 0) is 16.3 Å². The van der Waals surface area contributed by atoms with Crippen molar-refractivity contribution in [2.24, 2.45) is 0 Å². The van der Waals surface area contributed by atoms with Crippen molar-refractivity contribution in [3.8, 4) is 0 Å². The van der Waals surface area contributed by atoms with Gasteiger partial charge in [0.1, 0.15) is 0 Å². The maximum Gasteiger partial charge on any atom is 0.230 e. The lowest BCUT2D eigenvalue weighted by molar-refractivity contribution is -0.118. The molecular formula is C20H24ClNOS2. The Morgan fingerprint density at radius 3 is 2.44 bits per heavy atom. The number of halogens is 1. The van der Waals surface area contributed by atoms with Gasteiger partial charge in [0.25, 0.3) is 0 Å². The fourth-order valence-electron chi connectivity index (χ4n) is 2.54. The number of aryl methyl sites for hydroxylation is 2. The summed E-state index contributed by atoms with van der Waals surface area (Å²) in [6, 6.07) is 14.4. The summed E-state index contributed by atoms with van der Waals surface area (Å²) in [7, 11) is 0. The van der Waals surface area contributed by atoms with Gasteiger partial charge in [-0.25, -0.2) is 0 Å². The van der Waals surface area contributed by atoms with Crippen LogP contribution in [0.25, 0.3) is 0 Å². The van der Waals surface area contributed by atoms with E-state index in [9.17, 15) is 4.79 Å². The van der Waals surface area contributed by atoms with E-state index in [1.54, 1.807) is 23.5 Å². The molecule has 5 heteroatoms. The van der Waals surface area contributed by atoms with Crippen molar-refractivity contribution < 1.29 is 4.79 Å². The highest BCUT2D eigenvalue weighted by Gasteiger charge is 2.03. The molecule has 0 aliphatic rings. The SMILES string of the molecule is Cc1cc(C)cc(CSCC(=O)NCCSCc2cccc(Cl)c2)c1. The van der Waals surface area contributed by atoms with Crippen LogP contribution in [0.1, 0.15) is 22.3 Å². The van der Waals surface area contributed by atoms with Gasteiger partial charge in [-0.1, -0.05) is 53.1 Å². The Morgan fingerprint density at radius 1 is 1.00 bits per heavy atom. The van der Waals surface area contributed by atoms with E-state index in [1.807, 2.05) is 18.2 Å². The minimum atomic E-state index is 0.109. The number of carbonyl (C=O) groups excluding carboxylic acids is 1. The standard InChI is InChI=1S/C20H24ClNOS2/c1-15-8-16(2)10-18(9-15)13-25-14-20(23)22-6-7-24-12-17-4-3-5-19(21)11-17/h3-5,8-11H,6-7,12-14H2,1-2H3,(H,22,23). The van der Waals surface area contributed by atoms with Crippen LogP contribution in [-0.4, -0.2) is 24.0 Å². The van der Waals surface area contributed by atoms with Crippen LogP contribution in [0, 0.1) is 13.8 Å². The molecule has 2 nitrogen and oxygen atoms in total. The lowest BCUT2D eigenvalue weighted by Gasteiger charge is -2.07. The normalized spacial score (nSPS) is 10.7. The zero-order chi connectivity index (χ0) is 18.1. The van der Waals surface area contributed by atoms with Crippen molar-refractivity contribution in [3.63, 3.8) is 0 Å². The molecule has 25 heavy (non-hydrogen) atoms. The summed E-state index contributed by atoms with van der Waals surface area (Å²) < 4.78 is 0. The first-order chi connectivity index (χ1) is 12.0. The van der Waals surface area contributed by atoms with E-state index in [2.05, 4.69) is 43.4 Å². The Kier molecular flexibility index (Phi) is 8.73. The number of thioether (sulfide) groups is 2. The van der Waals surface area contributed by atoms with Gasteiger partial charge in [0.15, 0.2) is 0 Å². The summed E-state index contributed by atoms with van der Waals surface area (Å²) in [5.41, 5.74) is 5.05. The van der Waals surface area contributed by atoms with E-state index < -0.39 is 0 Å². The summed E-state index contributed by atoms with van der Waals surface area (Å²) in [5, 5.41) is 3.75. The van der Waals surface area contributed by atoms with Gasteiger partial charge >= 0.3 is 0 Å². The molecule has 0 unspecified atom stereocenters. The highest BCUT2D eigenvalue weighted by molar-refractivity contribution is 7.99. The maximum absolute atomic E-state index is 11.9. The minimum absolute atomic E-state index is 0.109. The number of hydrogen-bond acceptors (Lipinski definition) is 3. The second-order valence-electron chi connectivity index (χ2n) is 6.02. The lowest BCUT2D eigenvalue weighted by Crippen LogP contribution is -2.27. The molecule has 0 bridgehead atoms. The molecule has 0 atom stereocenters. The fraction of sp³-hybridized carbons (Fsp3) is 0.350. The number of rotatable bonds is 9. The average molecular weight is 394 g/mol. The molecule has 0 aliphatic carbocycles. The molecule has 0 spiro atoms. The average Bonchev–Trinajstić information content (AvgIpc) is 2.53. The Balaban J connectivity index is 1.56. The summed E-state index contributed by atoms with van der Waals surface area (Å²) in [4.78, 5) is 11.9. The van der Waals surface area contributed by atoms with Crippen molar-refractivity contribution in [1.29, 1.82) is 0 Å². The molecular weight excluding hydrogens is 370 g/mol. The van der Waals surface area contributed by atoms with Crippen molar-refractivity contribution in [2.45, 2.75) is 25.4 Å². The number of benzene rings is 2. The van der Waals surface area contributed by atoms with Crippen LogP contribution in [0.2, 0.25) is 5.02 Å². The molecule has 0 heterocycles. The molecule has 1 N–H and O–H groups in total. The molecule has 1 amide bonds. The molecule has 0 saturated heterocycles. The van der Waals surface area contributed by atoms with Gasteiger partial charge in [-0.2, -0.15) is 11.8 Å². The summed E-state index contributed by atoms with van der Waals surface area (Å²) in [6.07, 6.45) is 0. The van der Waals surface area contributed by atoms with Crippen LogP contribution >= 0.6 is 35.1 Å². The monoisotopic (exact) mass is 393 g/mol.